The van der Waals surface area contributed by atoms with Gasteiger partial charge in [-0.1, -0.05) is 68.4 Å². The number of benzene rings is 2. The van der Waals surface area contributed by atoms with Crippen LogP contribution in [-0.2, 0) is 9.26 Å². The van der Waals surface area contributed by atoms with Crippen LogP contribution in [0.1, 0.15) is 37.6 Å². The van der Waals surface area contributed by atoms with Crippen LogP contribution in [0, 0.1) is 0 Å². The largest absolute Gasteiger partial charge is 0.415 e. The van der Waals surface area contributed by atoms with Crippen LogP contribution in [0.4, 0.5) is 0 Å². The number of rotatable bonds is 6. The summed E-state index contributed by atoms with van der Waals surface area (Å²) < 4.78 is 6.45. The van der Waals surface area contributed by atoms with Crippen molar-refractivity contribution in [3.05, 3.63) is 60.2 Å². The van der Waals surface area contributed by atoms with Crippen LogP contribution in [0.5, 0.6) is 0 Å². The molecule has 1 heterocycles. The van der Waals surface area contributed by atoms with E-state index in [9.17, 15) is 4.79 Å². The van der Waals surface area contributed by atoms with Gasteiger partial charge in [-0.05, 0) is 41.4 Å². The lowest BCUT2D eigenvalue weighted by molar-refractivity contribution is 0.0686. The fourth-order valence-corrected chi connectivity index (χ4v) is 4.52. The Hall–Kier alpha value is -2.44. The highest BCUT2D eigenvalue weighted by molar-refractivity contribution is 6.74. The Kier molecular flexibility index (Phi) is 7.02. The average molecular weight is 439 g/mol. The Balaban J connectivity index is 1.77. The van der Waals surface area contributed by atoms with Crippen LogP contribution in [0.2, 0.25) is 18.1 Å². The minimum atomic E-state index is -1.91. The summed E-state index contributed by atoms with van der Waals surface area (Å²) in [4.78, 5) is 20.2. The fraction of sp³-hybridized carbons (Fsp3) is 0.440. The predicted octanol–water partition coefficient (Wildman–Crippen LogP) is 5.59. The lowest BCUT2D eigenvalue weighted by atomic mass is 10.0. The minimum Gasteiger partial charge on any atom is -0.415 e. The minimum absolute atomic E-state index is 0.00439. The van der Waals surface area contributed by atoms with E-state index in [4.69, 9.17) is 9.26 Å². The van der Waals surface area contributed by atoms with Gasteiger partial charge >= 0.3 is 0 Å². The molecule has 3 rings (SSSR count). The molecule has 5 nitrogen and oxygen atoms in total. The molecular formula is C25H34N2O3Si. The summed E-state index contributed by atoms with van der Waals surface area (Å²) >= 11 is 0. The molecule has 1 amide bonds. The van der Waals surface area contributed by atoms with Crippen molar-refractivity contribution in [2.24, 2.45) is 5.16 Å². The SMILES string of the molecule is CO/N=C1/C[C@@H](CO[Si](C)(C)C(C)(C)C)N(C(=O)c2ccc(-c3ccccc3)cc2)C1. The Morgan fingerprint density at radius 3 is 2.26 bits per heavy atom. The molecule has 1 saturated heterocycles. The molecule has 0 unspecified atom stereocenters. The van der Waals surface area contributed by atoms with E-state index in [1.165, 1.54) is 0 Å². The molecule has 1 fully saturated rings. The van der Waals surface area contributed by atoms with Crippen LogP contribution in [0.25, 0.3) is 11.1 Å². The molecule has 166 valence electrons. The van der Waals surface area contributed by atoms with Crippen LogP contribution >= 0.6 is 0 Å². The van der Waals surface area contributed by atoms with E-state index in [0.29, 0.717) is 25.1 Å². The van der Waals surface area contributed by atoms with E-state index in [0.717, 1.165) is 16.8 Å². The molecule has 2 aromatic carbocycles. The van der Waals surface area contributed by atoms with Crippen molar-refractivity contribution in [1.82, 2.24) is 4.90 Å². The summed E-state index contributed by atoms with van der Waals surface area (Å²) in [6.45, 7) is 12.1. The summed E-state index contributed by atoms with van der Waals surface area (Å²) in [5.41, 5.74) is 3.78. The molecule has 0 bridgehead atoms. The molecule has 0 aliphatic carbocycles. The first kappa shape index (κ1) is 23.2. The van der Waals surface area contributed by atoms with Crippen molar-refractivity contribution >= 4 is 19.9 Å². The zero-order chi connectivity index (χ0) is 22.6. The first-order valence-corrected chi connectivity index (χ1v) is 13.7. The number of hydrogen-bond donors (Lipinski definition) is 0. The second-order valence-corrected chi connectivity index (χ2v) is 14.5. The smallest absolute Gasteiger partial charge is 0.254 e. The molecule has 2 aromatic rings. The molecule has 0 saturated carbocycles. The topological polar surface area (TPSA) is 51.1 Å². The van der Waals surface area contributed by atoms with E-state index in [-0.39, 0.29) is 17.0 Å². The van der Waals surface area contributed by atoms with Gasteiger partial charge in [0.2, 0.25) is 0 Å². The maximum absolute atomic E-state index is 13.4. The monoisotopic (exact) mass is 438 g/mol. The summed E-state index contributed by atoms with van der Waals surface area (Å²) in [6.07, 6.45) is 0.677. The van der Waals surface area contributed by atoms with Crippen molar-refractivity contribution in [3.63, 3.8) is 0 Å². The maximum Gasteiger partial charge on any atom is 0.254 e. The fourth-order valence-electron chi connectivity index (χ4n) is 3.48. The third kappa shape index (κ3) is 5.43. The number of hydrogen-bond acceptors (Lipinski definition) is 4. The van der Waals surface area contributed by atoms with Crippen molar-refractivity contribution in [2.75, 3.05) is 20.3 Å². The Labute approximate surface area is 187 Å². The zero-order valence-electron chi connectivity index (χ0n) is 19.5. The summed E-state index contributed by atoms with van der Waals surface area (Å²) in [6, 6.07) is 17.9. The maximum atomic E-state index is 13.4. The second-order valence-electron chi connectivity index (χ2n) is 9.65. The van der Waals surface area contributed by atoms with E-state index < -0.39 is 8.32 Å². The second kappa shape index (κ2) is 9.36. The van der Waals surface area contributed by atoms with E-state index in [1.54, 1.807) is 7.11 Å². The third-order valence-electron chi connectivity index (χ3n) is 6.43. The first-order valence-electron chi connectivity index (χ1n) is 10.8. The Morgan fingerprint density at radius 2 is 1.68 bits per heavy atom. The molecule has 31 heavy (non-hydrogen) atoms. The molecule has 1 aliphatic rings. The molecule has 1 aliphatic heterocycles. The summed E-state index contributed by atoms with van der Waals surface area (Å²) in [7, 11) is -0.368. The van der Waals surface area contributed by atoms with Gasteiger partial charge < -0.3 is 14.2 Å². The molecule has 1 atom stereocenters. The van der Waals surface area contributed by atoms with Crippen molar-refractivity contribution in [2.45, 2.75) is 51.4 Å². The summed E-state index contributed by atoms with van der Waals surface area (Å²) in [5.74, 6) is 0.00439. The van der Waals surface area contributed by atoms with Gasteiger partial charge in [-0.2, -0.15) is 0 Å². The third-order valence-corrected chi connectivity index (χ3v) is 10.9. The van der Waals surface area contributed by atoms with Crippen molar-refractivity contribution < 1.29 is 14.1 Å². The van der Waals surface area contributed by atoms with Crippen LogP contribution in [0.3, 0.4) is 0 Å². The van der Waals surface area contributed by atoms with Crippen LogP contribution in [-0.4, -0.2) is 51.1 Å². The molecule has 0 radical (unpaired) electrons. The molecule has 0 aromatic heterocycles. The molecular weight excluding hydrogens is 404 g/mol. The van der Waals surface area contributed by atoms with Crippen LogP contribution in [0.15, 0.2) is 59.8 Å². The van der Waals surface area contributed by atoms with E-state index >= 15 is 0 Å². The van der Waals surface area contributed by atoms with Gasteiger partial charge in [-0.3, -0.25) is 4.79 Å². The number of nitrogens with zero attached hydrogens (tertiary/aromatic N) is 2. The number of likely N-dealkylation sites (tertiary alicyclic amines) is 1. The lowest BCUT2D eigenvalue weighted by Crippen LogP contribution is -2.46. The van der Waals surface area contributed by atoms with Gasteiger partial charge in [0, 0.05) is 12.0 Å². The normalized spacial score (nSPS) is 18.5. The zero-order valence-corrected chi connectivity index (χ0v) is 20.5. The van der Waals surface area contributed by atoms with Gasteiger partial charge in [0.05, 0.1) is 24.9 Å². The summed E-state index contributed by atoms with van der Waals surface area (Å²) in [5, 5.41) is 4.25. The number of carbonyl (C=O) groups excluding carboxylic acids is 1. The highest BCUT2D eigenvalue weighted by Crippen LogP contribution is 2.37. The Bertz CT molecular complexity index is 918. The predicted molar refractivity (Wildman–Crippen MR) is 129 cm³/mol. The van der Waals surface area contributed by atoms with Gasteiger partial charge in [-0.25, -0.2) is 0 Å². The Morgan fingerprint density at radius 1 is 1.06 bits per heavy atom. The number of oxime groups is 1. The highest BCUT2D eigenvalue weighted by Gasteiger charge is 2.40. The standard InChI is InChI=1S/C25H34N2O3Si/c1-25(2,3)31(5,6)30-18-23-16-22(26-29-4)17-27(23)24(28)21-14-12-20(13-15-21)19-10-8-7-9-11-19/h7-15,23H,16-18H2,1-6H3/b26-22-/t23-/m0/s1. The average Bonchev–Trinajstić information content (AvgIpc) is 3.15. The van der Waals surface area contributed by atoms with Crippen LogP contribution < -0.4 is 0 Å². The highest BCUT2D eigenvalue weighted by atomic mass is 28.4. The number of carbonyl (C=O) groups is 1. The van der Waals surface area contributed by atoms with Gasteiger partial charge in [0.1, 0.15) is 7.11 Å². The van der Waals surface area contributed by atoms with Gasteiger partial charge in [-0.15, -0.1) is 0 Å². The molecule has 6 heteroatoms. The van der Waals surface area contributed by atoms with E-state index in [2.05, 4.69) is 51.2 Å². The van der Waals surface area contributed by atoms with Crippen molar-refractivity contribution in [3.8, 4) is 11.1 Å². The lowest BCUT2D eigenvalue weighted by Gasteiger charge is -2.37. The van der Waals surface area contributed by atoms with Gasteiger partial charge in [0.25, 0.3) is 5.91 Å². The van der Waals surface area contributed by atoms with Gasteiger partial charge in [0.15, 0.2) is 8.32 Å². The number of amides is 1. The first-order chi connectivity index (χ1) is 14.6. The van der Waals surface area contributed by atoms with E-state index in [1.807, 2.05) is 47.4 Å². The molecule has 0 N–H and O–H groups in total. The molecule has 0 spiro atoms. The van der Waals surface area contributed by atoms with Crippen molar-refractivity contribution in [1.29, 1.82) is 0 Å². The quantitative estimate of drug-likeness (QED) is 0.436.